The third-order valence-electron chi connectivity index (χ3n) is 5.70. The third-order valence-corrected chi connectivity index (χ3v) is 5.70. The maximum Gasteiger partial charge on any atom is 0.258 e. The van der Waals surface area contributed by atoms with E-state index in [1.54, 1.807) is 18.3 Å². The number of pyridine rings is 1. The van der Waals surface area contributed by atoms with E-state index < -0.39 is 0 Å². The normalized spacial score (nSPS) is 22.4. The van der Waals surface area contributed by atoms with Crippen LogP contribution in [0, 0.1) is 11.8 Å². The first-order valence-electron chi connectivity index (χ1n) is 9.60. The fourth-order valence-electron chi connectivity index (χ4n) is 3.79. The summed E-state index contributed by atoms with van der Waals surface area (Å²) in [4.78, 5) is 36.8. The lowest BCUT2D eigenvalue weighted by atomic mass is 9.78. The molecule has 27 heavy (non-hydrogen) atoms. The molecule has 1 saturated carbocycles. The number of carbonyl (C=O) groups excluding carboxylic acids is 2. The predicted molar refractivity (Wildman–Crippen MR) is 105 cm³/mol. The Bertz CT molecular complexity index is 890. The van der Waals surface area contributed by atoms with Gasteiger partial charge in [0.25, 0.3) is 5.56 Å². The van der Waals surface area contributed by atoms with Gasteiger partial charge in [0.05, 0.1) is 6.54 Å². The molecule has 1 aliphatic carbocycles. The molecule has 6 nitrogen and oxygen atoms in total. The highest BCUT2D eigenvalue weighted by Gasteiger charge is 2.28. The molecule has 0 bridgehead atoms. The van der Waals surface area contributed by atoms with Crippen molar-refractivity contribution in [1.82, 2.24) is 15.2 Å². The minimum atomic E-state index is -0.354. The number of carbonyl (C=O) groups is 2. The van der Waals surface area contributed by atoms with Crippen molar-refractivity contribution >= 4 is 22.6 Å². The standard InChI is InChI=1S/C21H27N3O3/c1-14-6-5-9-18(15(14)2)23-19(25)12-22-20(26)13-24-11-10-16-7-3-4-8-17(16)21(24)27/h3-4,7-8,10-11,14-15,18H,5-6,9,12-13H2,1-2H3,(H,22,26)(H,23,25)/t14-,15-,18+/m1/s1. The van der Waals surface area contributed by atoms with Crippen LogP contribution in [0.1, 0.15) is 33.1 Å². The third kappa shape index (κ3) is 4.56. The zero-order valence-electron chi connectivity index (χ0n) is 15.9. The van der Waals surface area contributed by atoms with E-state index in [-0.39, 0.29) is 36.5 Å². The topological polar surface area (TPSA) is 80.2 Å². The highest BCUT2D eigenvalue weighted by Crippen LogP contribution is 2.29. The Morgan fingerprint density at radius 3 is 2.70 bits per heavy atom. The maximum absolute atomic E-state index is 12.4. The first-order chi connectivity index (χ1) is 13.0. The van der Waals surface area contributed by atoms with Crippen LogP contribution in [0.4, 0.5) is 0 Å². The monoisotopic (exact) mass is 369 g/mol. The summed E-state index contributed by atoms with van der Waals surface area (Å²) >= 11 is 0. The number of hydrogen-bond acceptors (Lipinski definition) is 3. The van der Waals surface area contributed by atoms with Crippen molar-refractivity contribution in [3.05, 3.63) is 46.9 Å². The summed E-state index contributed by atoms with van der Waals surface area (Å²) < 4.78 is 1.36. The molecule has 0 saturated heterocycles. The lowest BCUT2D eigenvalue weighted by Crippen LogP contribution is -2.47. The molecule has 0 unspecified atom stereocenters. The number of nitrogens with zero attached hydrogens (tertiary/aromatic N) is 1. The SMILES string of the molecule is C[C@@H]1[C@H](C)CCC[C@@H]1NC(=O)CNC(=O)Cn1ccc2ccccc2c1=O. The Hall–Kier alpha value is -2.63. The second kappa shape index (κ2) is 8.37. The maximum atomic E-state index is 12.4. The van der Waals surface area contributed by atoms with Gasteiger partial charge in [-0.2, -0.15) is 0 Å². The molecule has 1 aliphatic rings. The Kier molecular flexibility index (Phi) is 5.94. The molecular weight excluding hydrogens is 342 g/mol. The average molecular weight is 369 g/mol. The number of fused-ring (bicyclic) bond motifs is 1. The molecule has 1 aromatic carbocycles. The highest BCUT2D eigenvalue weighted by atomic mass is 16.2. The van der Waals surface area contributed by atoms with Gasteiger partial charge in [-0.3, -0.25) is 14.4 Å². The number of amides is 2. The Morgan fingerprint density at radius 1 is 1.11 bits per heavy atom. The van der Waals surface area contributed by atoms with Gasteiger partial charge in [0.15, 0.2) is 0 Å². The van der Waals surface area contributed by atoms with Crippen LogP contribution < -0.4 is 16.2 Å². The van der Waals surface area contributed by atoms with Crippen LogP contribution in [0.2, 0.25) is 0 Å². The van der Waals surface area contributed by atoms with Crippen LogP contribution in [0.15, 0.2) is 41.3 Å². The average Bonchev–Trinajstić information content (AvgIpc) is 2.66. The van der Waals surface area contributed by atoms with Crippen LogP contribution in [0.3, 0.4) is 0 Å². The van der Waals surface area contributed by atoms with Crippen molar-refractivity contribution in [1.29, 1.82) is 0 Å². The van der Waals surface area contributed by atoms with Crippen molar-refractivity contribution in [3.8, 4) is 0 Å². The van der Waals surface area contributed by atoms with Crippen molar-refractivity contribution in [2.75, 3.05) is 6.54 Å². The molecule has 1 aromatic heterocycles. The predicted octanol–water partition coefficient (Wildman–Crippen LogP) is 2.06. The van der Waals surface area contributed by atoms with E-state index in [2.05, 4.69) is 24.5 Å². The lowest BCUT2D eigenvalue weighted by Gasteiger charge is -2.34. The number of benzene rings is 1. The van der Waals surface area contributed by atoms with Crippen LogP contribution in [0.25, 0.3) is 10.8 Å². The molecule has 0 radical (unpaired) electrons. The lowest BCUT2D eigenvalue weighted by molar-refractivity contribution is -0.127. The van der Waals surface area contributed by atoms with Crippen molar-refractivity contribution in [3.63, 3.8) is 0 Å². The van der Waals surface area contributed by atoms with Gasteiger partial charge in [-0.05, 0) is 35.8 Å². The second-order valence-electron chi connectivity index (χ2n) is 7.55. The van der Waals surface area contributed by atoms with E-state index >= 15 is 0 Å². The van der Waals surface area contributed by atoms with Crippen LogP contribution in [-0.4, -0.2) is 29.0 Å². The van der Waals surface area contributed by atoms with Gasteiger partial charge in [0, 0.05) is 17.6 Å². The molecular formula is C21H27N3O3. The molecule has 2 aromatic rings. The Balaban J connectivity index is 1.53. The zero-order chi connectivity index (χ0) is 19.4. The molecule has 3 atom stereocenters. The van der Waals surface area contributed by atoms with Gasteiger partial charge < -0.3 is 15.2 Å². The fourth-order valence-corrected chi connectivity index (χ4v) is 3.79. The second-order valence-corrected chi connectivity index (χ2v) is 7.55. The summed E-state index contributed by atoms with van der Waals surface area (Å²) in [5.41, 5.74) is -0.210. The van der Waals surface area contributed by atoms with Crippen LogP contribution in [-0.2, 0) is 16.1 Å². The number of nitrogens with one attached hydrogen (secondary N) is 2. The van der Waals surface area contributed by atoms with Gasteiger partial charge in [0.2, 0.25) is 11.8 Å². The molecule has 6 heteroatoms. The minimum absolute atomic E-state index is 0.0707. The Morgan fingerprint density at radius 2 is 1.89 bits per heavy atom. The molecule has 0 aliphatic heterocycles. The summed E-state index contributed by atoms with van der Waals surface area (Å²) in [6, 6.07) is 9.24. The van der Waals surface area contributed by atoms with E-state index in [1.165, 1.54) is 11.0 Å². The van der Waals surface area contributed by atoms with Crippen LogP contribution in [0.5, 0.6) is 0 Å². The van der Waals surface area contributed by atoms with Crippen LogP contribution >= 0.6 is 0 Å². The van der Waals surface area contributed by atoms with Crippen molar-refractivity contribution in [2.45, 2.75) is 45.7 Å². The summed E-state index contributed by atoms with van der Waals surface area (Å²) in [6.45, 7) is 4.21. The molecule has 0 spiro atoms. The van der Waals surface area contributed by atoms with E-state index in [0.717, 1.165) is 18.2 Å². The zero-order valence-corrected chi connectivity index (χ0v) is 15.9. The van der Waals surface area contributed by atoms with Gasteiger partial charge in [-0.1, -0.05) is 44.9 Å². The number of aromatic nitrogens is 1. The van der Waals surface area contributed by atoms with Crippen molar-refractivity contribution < 1.29 is 9.59 Å². The van der Waals surface area contributed by atoms with Gasteiger partial charge in [0.1, 0.15) is 6.54 Å². The van der Waals surface area contributed by atoms with E-state index in [1.807, 2.05) is 18.2 Å². The Labute approximate surface area is 159 Å². The molecule has 144 valence electrons. The molecule has 1 heterocycles. The largest absolute Gasteiger partial charge is 0.352 e. The molecule has 2 N–H and O–H groups in total. The highest BCUT2D eigenvalue weighted by molar-refractivity contribution is 5.85. The van der Waals surface area contributed by atoms with E-state index in [4.69, 9.17) is 0 Å². The van der Waals surface area contributed by atoms with Gasteiger partial charge in [-0.25, -0.2) is 0 Å². The first kappa shape index (κ1) is 19.1. The number of rotatable bonds is 5. The van der Waals surface area contributed by atoms with E-state index in [0.29, 0.717) is 17.2 Å². The smallest absolute Gasteiger partial charge is 0.258 e. The van der Waals surface area contributed by atoms with E-state index in [9.17, 15) is 14.4 Å². The summed E-state index contributed by atoms with van der Waals surface area (Å²) in [7, 11) is 0. The molecule has 2 amide bonds. The summed E-state index contributed by atoms with van der Waals surface area (Å²) in [5, 5.41) is 7.06. The first-order valence-corrected chi connectivity index (χ1v) is 9.60. The number of hydrogen-bond donors (Lipinski definition) is 2. The van der Waals surface area contributed by atoms with Gasteiger partial charge >= 0.3 is 0 Å². The fraction of sp³-hybridized carbons (Fsp3) is 0.476. The molecule has 1 fully saturated rings. The summed E-state index contributed by atoms with van der Waals surface area (Å²) in [5.74, 6) is 0.501. The molecule has 3 rings (SSSR count). The summed E-state index contributed by atoms with van der Waals surface area (Å²) in [6.07, 6.45) is 4.91. The van der Waals surface area contributed by atoms with Gasteiger partial charge in [-0.15, -0.1) is 0 Å². The quantitative estimate of drug-likeness (QED) is 0.847. The minimum Gasteiger partial charge on any atom is -0.352 e. The van der Waals surface area contributed by atoms with Crippen molar-refractivity contribution in [2.24, 2.45) is 11.8 Å².